The molecular weight excluding hydrogens is 278 g/mol. The van der Waals surface area contributed by atoms with Crippen molar-refractivity contribution in [1.82, 2.24) is 14.6 Å². The van der Waals surface area contributed by atoms with Gasteiger partial charge in [-0.25, -0.2) is 0 Å². The van der Waals surface area contributed by atoms with Gasteiger partial charge in [-0.2, -0.15) is 0 Å². The Hall–Kier alpha value is -2.40. The summed E-state index contributed by atoms with van der Waals surface area (Å²) >= 11 is 0. The molecule has 5 heteroatoms. The van der Waals surface area contributed by atoms with Crippen LogP contribution in [0.25, 0.3) is 10.9 Å². The Balaban J connectivity index is 1.93. The van der Waals surface area contributed by atoms with Crippen molar-refractivity contribution in [3.8, 4) is 0 Å². The van der Waals surface area contributed by atoms with Crippen LogP contribution in [0.15, 0.2) is 45.9 Å². The van der Waals surface area contributed by atoms with E-state index in [4.69, 9.17) is 4.52 Å². The molecule has 2 aromatic heterocycles. The SMILES string of the molecule is Cc1ccc2c(c1)cc(CN(C)Cc1ccon1)c(=O)n2C. The summed E-state index contributed by atoms with van der Waals surface area (Å²) < 4.78 is 6.55. The van der Waals surface area contributed by atoms with Gasteiger partial charge in [0, 0.05) is 31.8 Å². The minimum absolute atomic E-state index is 0.0448. The second kappa shape index (κ2) is 5.77. The lowest BCUT2D eigenvalue weighted by Crippen LogP contribution is -2.27. The Morgan fingerprint density at radius 2 is 2.05 bits per heavy atom. The molecule has 22 heavy (non-hydrogen) atoms. The van der Waals surface area contributed by atoms with Gasteiger partial charge in [0.1, 0.15) is 6.26 Å². The van der Waals surface area contributed by atoms with Gasteiger partial charge < -0.3 is 9.09 Å². The molecule has 0 radical (unpaired) electrons. The molecule has 0 N–H and O–H groups in total. The minimum atomic E-state index is 0.0448. The normalized spacial score (nSPS) is 11.5. The zero-order valence-electron chi connectivity index (χ0n) is 13.0. The number of rotatable bonds is 4. The number of pyridine rings is 1. The maximum atomic E-state index is 12.5. The van der Waals surface area contributed by atoms with Crippen molar-refractivity contribution in [3.63, 3.8) is 0 Å². The molecule has 5 nitrogen and oxygen atoms in total. The van der Waals surface area contributed by atoms with E-state index < -0.39 is 0 Å². The third-order valence-corrected chi connectivity index (χ3v) is 3.82. The number of hydrogen-bond acceptors (Lipinski definition) is 4. The first kappa shape index (κ1) is 14.5. The van der Waals surface area contributed by atoms with Crippen LogP contribution in [-0.4, -0.2) is 21.7 Å². The highest BCUT2D eigenvalue weighted by Crippen LogP contribution is 2.16. The van der Waals surface area contributed by atoms with Crippen LogP contribution < -0.4 is 5.56 Å². The Morgan fingerprint density at radius 1 is 1.23 bits per heavy atom. The van der Waals surface area contributed by atoms with Gasteiger partial charge in [0.25, 0.3) is 5.56 Å². The van der Waals surface area contributed by atoms with Crippen LogP contribution in [0.3, 0.4) is 0 Å². The lowest BCUT2D eigenvalue weighted by molar-refractivity contribution is 0.302. The third-order valence-electron chi connectivity index (χ3n) is 3.82. The second-order valence-corrected chi connectivity index (χ2v) is 5.76. The first-order chi connectivity index (χ1) is 10.5. The summed E-state index contributed by atoms with van der Waals surface area (Å²) in [4.78, 5) is 14.6. The molecule has 3 rings (SSSR count). The van der Waals surface area contributed by atoms with E-state index in [0.717, 1.165) is 22.2 Å². The number of hydrogen-bond donors (Lipinski definition) is 0. The van der Waals surface area contributed by atoms with E-state index in [0.29, 0.717) is 13.1 Å². The fourth-order valence-electron chi connectivity index (χ4n) is 2.72. The average Bonchev–Trinajstić information content (AvgIpc) is 2.97. The molecule has 0 spiro atoms. The van der Waals surface area contributed by atoms with Crippen molar-refractivity contribution in [1.29, 1.82) is 0 Å². The quantitative estimate of drug-likeness (QED) is 0.742. The van der Waals surface area contributed by atoms with Crippen molar-refractivity contribution in [2.45, 2.75) is 20.0 Å². The Bertz CT molecular complexity index is 850. The van der Waals surface area contributed by atoms with Crippen molar-refractivity contribution in [2.24, 2.45) is 7.05 Å². The number of aryl methyl sites for hydroxylation is 2. The first-order valence-electron chi connectivity index (χ1n) is 7.21. The van der Waals surface area contributed by atoms with Crippen molar-refractivity contribution in [3.05, 3.63) is 63.8 Å². The fourth-order valence-corrected chi connectivity index (χ4v) is 2.72. The highest BCUT2D eigenvalue weighted by atomic mass is 16.5. The Morgan fingerprint density at radius 3 is 2.77 bits per heavy atom. The lowest BCUT2D eigenvalue weighted by atomic mass is 10.1. The summed E-state index contributed by atoms with van der Waals surface area (Å²) in [7, 11) is 3.79. The summed E-state index contributed by atoms with van der Waals surface area (Å²) in [5.41, 5.74) is 3.83. The van der Waals surface area contributed by atoms with Crippen LogP contribution in [0.4, 0.5) is 0 Å². The molecule has 114 valence electrons. The van der Waals surface area contributed by atoms with Crippen LogP contribution in [-0.2, 0) is 20.1 Å². The lowest BCUT2D eigenvalue weighted by Gasteiger charge is -2.16. The van der Waals surface area contributed by atoms with E-state index in [2.05, 4.69) is 23.0 Å². The number of aromatic nitrogens is 2. The zero-order chi connectivity index (χ0) is 15.7. The van der Waals surface area contributed by atoms with Gasteiger partial charge in [-0.1, -0.05) is 16.8 Å². The van der Waals surface area contributed by atoms with E-state index >= 15 is 0 Å². The standard InChI is InChI=1S/C17H19N3O2/c1-12-4-5-16-13(8-12)9-14(17(21)20(16)3)10-19(2)11-15-6-7-22-18-15/h4-9H,10-11H2,1-3H3. The predicted molar refractivity (Wildman–Crippen MR) is 85.6 cm³/mol. The van der Waals surface area contributed by atoms with Gasteiger partial charge in [0.15, 0.2) is 0 Å². The highest BCUT2D eigenvalue weighted by Gasteiger charge is 2.10. The number of fused-ring (bicyclic) bond motifs is 1. The van der Waals surface area contributed by atoms with Gasteiger partial charge in [-0.05, 0) is 37.6 Å². The Labute approximate surface area is 128 Å². The molecule has 0 fully saturated rings. The smallest absolute Gasteiger partial charge is 0.255 e. The van der Waals surface area contributed by atoms with Crippen molar-refractivity contribution in [2.75, 3.05) is 7.05 Å². The van der Waals surface area contributed by atoms with E-state index in [1.807, 2.05) is 38.4 Å². The predicted octanol–water partition coefficient (Wildman–Crippen LogP) is 2.47. The van der Waals surface area contributed by atoms with E-state index in [-0.39, 0.29) is 5.56 Å². The number of benzene rings is 1. The largest absolute Gasteiger partial charge is 0.364 e. The average molecular weight is 297 g/mol. The van der Waals surface area contributed by atoms with E-state index in [1.54, 1.807) is 10.8 Å². The van der Waals surface area contributed by atoms with Crippen LogP contribution in [0, 0.1) is 6.92 Å². The molecule has 1 aromatic carbocycles. The minimum Gasteiger partial charge on any atom is -0.364 e. The molecule has 2 heterocycles. The van der Waals surface area contributed by atoms with Gasteiger partial charge in [-0.3, -0.25) is 9.69 Å². The monoisotopic (exact) mass is 297 g/mol. The molecule has 0 unspecified atom stereocenters. The summed E-state index contributed by atoms with van der Waals surface area (Å²) in [6, 6.07) is 9.95. The molecular formula is C17H19N3O2. The fraction of sp³-hybridized carbons (Fsp3) is 0.294. The van der Waals surface area contributed by atoms with Crippen LogP contribution in [0.5, 0.6) is 0 Å². The van der Waals surface area contributed by atoms with Crippen LogP contribution in [0.1, 0.15) is 16.8 Å². The molecule has 0 aliphatic heterocycles. The van der Waals surface area contributed by atoms with Crippen molar-refractivity contribution < 1.29 is 4.52 Å². The van der Waals surface area contributed by atoms with Crippen molar-refractivity contribution >= 4 is 10.9 Å². The molecule has 0 aliphatic carbocycles. The highest BCUT2D eigenvalue weighted by molar-refractivity contribution is 5.80. The van der Waals surface area contributed by atoms with Crippen LogP contribution in [0.2, 0.25) is 0 Å². The second-order valence-electron chi connectivity index (χ2n) is 5.76. The maximum absolute atomic E-state index is 12.5. The van der Waals surface area contributed by atoms with Gasteiger partial charge in [-0.15, -0.1) is 0 Å². The van der Waals surface area contributed by atoms with Crippen LogP contribution >= 0.6 is 0 Å². The molecule has 0 aliphatic rings. The summed E-state index contributed by atoms with van der Waals surface area (Å²) in [5, 5.41) is 4.99. The zero-order valence-corrected chi connectivity index (χ0v) is 13.0. The summed E-state index contributed by atoms with van der Waals surface area (Å²) in [6.45, 7) is 3.27. The Kier molecular flexibility index (Phi) is 3.81. The molecule has 0 amide bonds. The first-order valence-corrected chi connectivity index (χ1v) is 7.21. The molecule has 0 bridgehead atoms. The summed E-state index contributed by atoms with van der Waals surface area (Å²) in [5.74, 6) is 0. The summed E-state index contributed by atoms with van der Waals surface area (Å²) in [6.07, 6.45) is 1.56. The third kappa shape index (κ3) is 2.80. The van der Waals surface area contributed by atoms with Gasteiger partial charge in [0.2, 0.25) is 0 Å². The van der Waals surface area contributed by atoms with E-state index in [1.165, 1.54) is 5.56 Å². The number of nitrogens with zero attached hydrogens (tertiary/aromatic N) is 3. The van der Waals surface area contributed by atoms with E-state index in [9.17, 15) is 4.79 Å². The topological polar surface area (TPSA) is 51.3 Å². The molecule has 0 atom stereocenters. The molecule has 0 saturated carbocycles. The maximum Gasteiger partial charge on any atom is 0.255 e. The molecule has 3 aromatic rings. The van der Waals surface area contributed by atoms with Gasteiger partial charge >= 0.3 is 0 Å². The molecule has 0 saturated heterocycles. The van der Waals surface area contributed by atoms with Gasteiger partial charge in [0.05, 0.1) is 11.2 Å².